The molecule has 0 aliphatic heterocycles. The van der Waals surface area contributed by atoms with Gasteiger partial charge in [0.25, 0.3) is 0 Å². The Morgan fingerprint density at radius 1 is 1.45 bits per heavy atom. The molecule has 4 nitrogen and oxygen atoms in total. The lowest BCUT2D eigenvalue weighted by Gasteiger charge is -2.33. The highest BCUT2D eigenvalue weighted by atomic mass is 16.4. The van der Waals surface area contributed by atoms with Crippen molar-refractivity contribution >= 4 is 11.7 Å². The molecule has 0 bridgehead atoms. The Morgan fingerprint density at radius 3 is 2.65 bits per heavy atom. The molecule has 1 aromatic heterocycles. The van der Waals surface area contributed by atoms with Crippen molar-refractivity contribution in [3.8, 4) is 0 Å². The van der Waals surface area contributed by atoms with Gasteiger partial charge in [-0.15, -0.1) is 0 Å². The number of pyridine rings is 1. The molecule has 1 heterocycles. The van der Waals surface area contributed by atoms with Crippen LogP contribution in [0.1, 0.15) is 55.6 Å². The molecule has 4 heteroatoms. The van der Waals surface area contributed by atoms with E-state index in [1.54, 1.807) is 0 Å². The van der Waals surface area contributed by atoms with Crippen LogP contribution in [0.15, 0.2) is 12.3 Å². The summed E-state index contributed by atoms with van der Waals surface area (Å²) in [7, 11) is 0. The fourth-order valence-electron chi connectivity index (χ4n) is 3.00. The van der Waals surface area contributed by atoms with Crippen molar-refractivity contribution < 1.29 is 9.90 Å². The molecule has 0 aromatic carbocycles. The van der Waals surface area contributed by atoms with Crippen molar-refractivity contribution in [2.75, 3.05) is 11.4 Å². The number of nitrogens with zero attached hydrogens (tertiary/aromatic N) is 2. The standard InChI is InChI=1S/C16H24N2O2/c1-11(2)10-18(13-6-4-5-7-13)15-8-12(3)17-9-14(15)16(19)20/h8-9,11,13H,4-7,10H2,1-3H3,(H,19,20). The molecule has 20 heavy (non-hydrogen) atoms. The molecule has 0 amide bonds. The lowest BCUT2D eigenvalue weighted by atomic mass is 10.1. The van der Waals surface area contributed by atoms with Crippen molar-refractivity contribution in [2.45, 2.75) is 52.5 Å². The number of carboxylic acid groups (broad SMARTS) is 1. The predicted molar refractivity (Wildman–Crippen MR) is 80.4 cm³/mol. The van der Waals surface area contributed by atoms with E-state index in [0.717, 1.165) is 30.8 Å². The van der Waals surface area contributed by atoms with E-state index in [2.05, 4.69) is 23.7 Å². The number of rotatable bonds is 5. The van der Waals surface area contributed by atoms with Crippen LogP contribution in [-0.2, 0) is 0 Å². The number of carbonyl (C=O) groups is 1. The van der Waals surface area contributed by atoms with E-state index >= 15 is 0 Å². The van der Waals surface area contributed by atoms with Crippen molar-refractivity contribution in [3.63, 3.8) is 0 Å². The Labute approximate surface area is 120 Å². The van der Waals surface area contributed by atoms with Gasteiger partial charge in [0.2, 0.25) is 0 Å². The highest BCUT2D eigenvalue weighted by Crippen LogP contribution is 2.31. The van der Waals surface area contributed by atoms with Gasteiger partial charge >= 0.3 is 5.97 Å². The maximum atomic E-state index is 11.5. The van der Waals surface area contributed by atoms with Crippen molar-refractivity contribution in [1.29, 1.82) is 0 Å². The van der Waals surface area contributed by atoms with E-state index in [0.29, 0.717) is 17.5 Å². The Morgan fingerprint density at radius 2 is 2.10 bits per heavy atom. The number of aromatic carboxylic acids is 1. The lowest BCUT2D eigenvalue weighted by molar-refractivity contribution is 0.0697. The smallest absolute Gasteiger partial charge is 0.339 e. The van der Waals surface area contributed by atoms with E-state index in [9.17, 15) is 9.90 Å². The summed E-state index contributed by atoms with van der Waals surface area (Å²) in [5.41, 5.74) is 2.03. The van der Waals surface area contributed by atoms with Crippen LogP contribution in [0.4, 0.5) is 5.69 Å². The first kappa shape index (κ1) is 14.8. The predicted octanol–water partition coefficient (Wildman–Crippen LogP) is 3.49. The zero-order valence-corrected chi connectivity index (χ0v) is 12.6. The number of carboxylic acids is 1. The van der Waals surface area contributed by atoms with Crippen LogP contribution in [0.3, 0.4) is 0 Å². The minimum atomic E-state index is -0.890. The Kier molecular flexibility index (Phi) is 4.63. The summed E-state index contributed by atoms with van der Waals surface area (Å²) in [6.45, 7) is 7.17. The molecule has 0 atom stereocenters. The monoisotopic (exact) mass is 276 g/mol. The minimum absolute atomic E-state index is 0.322. The van der Waals surface area contributed by atoms with Gasteiger partial charge in [0, 0.05) is 24.5 Å². The molecule has 0 unspecified atom stereocenters. The molecule has 0 spiro atoms. The van der Waals surface area contributed by atoms with Gasteiger partial charge in [-0.2, -0.15) is 0 Å². The van der Waals surface area contributed by atoms with E-state index in [1.807, 2.05) is 13.0 Å². The third-order valence-corrected chi connectivity index (χ3v) is 3.89. The topological polar surface area (TPSA) is 53.4 Å². The lowest BCUT2D eigenvalue weighted by Crippen LogP contribution is -2.37. The van der Waals surface area contributed by atoms with Crippen LogP contribution in [0.25, 0.3) is 0 Å². The molecule has 1 saturated carbocycles. The summed E-state index contributed by atoms with van der Waals surface area (Å²) in [5, 5.41) is 9.42. The minimum Gasteiger partial charge on any atom is -0.478 e. The molecule has 1 aliphatic carbocycles. The summed E-state index contributed by atoms with van der Waals surface area (Å²) >= 11 is 0. The van der Waals surface area contributed by atoms with Crippen molar-refractivity contribution in [2.24, 2.45) is 5.92 Å². The van der Waals surface area contributed by atoms with Gasteiger partial charge < -0.3 is 10.0 Å². The maximum absolute atomic E-state index is 11.5. The van der Waals surface area contributed by atoms with Crippen LogP contribution in [0.2, 0.25) is 0 Å². The number of aromatic nitrogens is 1. The van der Waals surface area contributed by atoms with Crippen LogP contribution in [0, 0.1) is 12.8 Å². The Bertz CT molecular complexity index is 479. The van der Waals surface area contributed by atoms with Crippen LogP contribution in [-0.4, -0.2) is 28.6 Å². The van der Waals surface area contributed by atoms with E-state index in [-0.39, 0.29) is 0 Å². The first-order chi connectivity index (χ1) is 9.49. The van der Waals surface area contributed by atoms with Crippen molar-refractivity contribution in [3.05, 3.63) is 23.5 Å². The second-order valence-corrected chi connectivity index (χ2v) is 6.13. The van der Waals surface area contributed by atoms with E-state index in [1.165, 1.54) is 19.0 Å². The number of hydrogen-bond donors (Lipinski definition) is 1. The number of anilines is 1. The molecule has 1 fully saturated rings. The summed E-state index contributed by atoms with van der Waals surface area (Å²) < 4.78 is 0. The second-order valence-electron chi connectivity index (χ2n) is 6.13. The summed E-state index contributed by atoms with van der Waals surface area (Å²) in [6.07, 6.45) is 6.30. The van der Waals surface area contributed by atoms with Gasteiger partial charge in [-0.25, -0.2) is 4.79 Å². The number of aryl methyl sites for hydroxylation is 1. The van der Waals surface area contributed by atoms with E-state index in [4.69, 9.17) is 0 Å². The third-order valence-electron chi connectivity index (χ3n) is 3.89. The van der Waals surface area contributed by atoms with Crippen LogP contribution in [0.5, 0.6) is 0 Å². The molecule has 1 aromatic rings. The van der Waals surface area contributed by atoms with Gasteiger partial charge in [-0.05, 0) is 31.7 Å². The SMILES string of the molecule is Cc1cc(N(CC(C)C)C2CCCC2)c(C(=O)O)cn1. The summed E-state index contributed by atoms with van der Waals surface area (Å²) in [5.74, 6) is -0.384. The molecular formula is C16H24N2O2. The Hall–Kier alpha value is -1.58. The average Bonchev–Trinajstić information content (AvgIpc) is 2.88. The van der Waals surface area contributed by atoms with Crippen LogP contribution < -0.4 is 4.90 Å². The molecule has 1 N–H and O–H groups in total. The fraction of sp³-hybridized carbons (Fsp3) is 0.625. The summed E-state index contributed by atoms with van der Waals surface area (Å²) in [6, 6.07) is 2.39. The third kappa shape index (κ3) is 3.30. The summed E-state index contributed by atoms with van der Waals surface area (Å²) in [4.78, 5) is 17.9. The zero-order chi connectivity index (χ0) is 14.7. The first-order valence-corrected chi connectivity index (χ1v) is 7.45. The number of hydrogen-bond acceptors (Lipinski definition) is 3. The molecule has 110 valence electrons. The molecular weight excluding hydrogens is 252 g/mol. The van der Waals surface area contributed by atoms with Gasteiger partial charge in [0.1, 0.15) is 5.56 Å². The van der Waals surface area contributed by atoms with Gasteiger partial charge in [-0.3, -0.25) is 4.98 Å². The first-order valence-electron chi connectivity index (χ1n) is 7.45. The molecule has 1 aliphatic rings. The zero-order valence-electron chi connectivity index (χ0n) is 12.6. The van der Waals surface area contributed by atoms with Gasteiger partial charge in [0.05, 0.1) is 5.69 Å². The average molecular weight is 276 g/mol. The second kappa shape index (κ2) is 6.25. The highest BCUT2D eigenvalue weighted by molar-refractivity contribution is 5.94. The van der Waals surface area contributed by atoms with Crippen molar-refractivity contribution in [1.82, 2.24) is 4.98 Å². The largest absolute Gasteiger partial charge is 0.478 e. The molecule has 2 rings (SSSR count). The highest BCUT2D eigenvalue weighted by Gasteiger charge is 2.26. The molecule has 0 saturated heterocycles. The van der Waals surface area contributed by atoms with Gasteiger partial charge in [0.15, 0.2) is 0 Å². The fourth-order valence-corrected chi connectivity index (χ4v) is 3.00. The van der Waals surface area contributed by atoms with Gasteiger partial charge in [-0.1, -0.05) is 26.7 Å². The Balaban J connectivity index is 2.40. The quantitative estimate of drug-likeness (QED) is 0.894. The normalized spacial score (nSPS) is 15.8. The molecule has 0 radical (unpaired) electrons. The maximum Gasteiger partial charge on any atom is 0.339 e. The van der Waals surface area contributed by atoms with Crippen LogP contribution >= 0.6 is 0 Å². The van der Waals surface area contributed by atoms with E-state index < -0.39 is 5.97 Å².